The first kappa shape index (κ1) is 15.3. The molecule has 1 aromatic rings. The molecular weight excluding hydrogens is 246 g/mol. The van der Waals surface area contributed by atoms with Crippen LogP contribution in [0.25, 0.3) is 0 Å². The molecule has 3 heteroatoms. The third kappa shape index (κ3) is 5.28. The zero-order valence-corrected chi connectivity index (χ0v) is 12.4. The third-order valence-corrected chi connectivity index (χ3v) is 3.48. The summed E-state index contributed by atoms with van der Waals surface area (Å²) >= 11 is 6.12. The van der Waals surface area contributed by atoms with E-state index in [2.05, 4.69) is 12.2 Å². The van der Waals surface area contributed by atoms with E-state index in [-0.39, 0.29) is 0 Å². The maximum Gasteiger partial charge on any atom is 0.119 e. The van der Waals surface area contributed by atoms with E-state index in [0.29, 0.717) is 0 Å². The zero-order chi connectivity index (χ0) is 13.4. The Morgan fingerprint density at radius 2 is 1.72 bits per heavy atom. The van der Waals surface area contributed by atoms with Gasteiger partial charge in [-0.25, -0.2) is 0 Å². The van der Waals surface area contributed by atoms with Crippen LogP contribution in [0.2, 0.25) is 5.02 Å². The number of rotatable bonds is 8. The lowest BCUT2D eigenvalue weighted by molar-refractivity contribution is 0.308. The van der Waals surface area contributed by atoms with Gasteiger partial charge in [0.2, 0.25) is 0 Å². The molecule has 0 radical (unpaired) electrons. The molecule has 2 nitrogen and oxygen atoms in total. The normalized spacial score (nSPS) is 10.7. The van der Waals surface area contributed by atoms with Gasteiger partial charge in [-0.2, -0.15) is 0 Å². The lowest BCUT2D eigenvalue weighted by Crippen LogP contribution is -2.18. The average Bonchev–Trinajstić information content (AvgIpc) is 2.34. The van der Waals surface area contributed by atoms with E-state index in [0.717, 1.165) is 48.0 Å². The molecule has 0 unspecified atom stereocenters. The van der Waals surface area contributed by atoms with E-state index < -0.39 is 0 Å². The van der Waals surface area contributed by atoms with Gasteiger partial charge in [0.15, 0.2) is 0 Å². The van der Waals surface area contributed by atoms with E-state index in [4.69, 9.17) is 16.3 Å². The maximum atomic E-state index is 6.12. The minimum atomic E-state index is 0.750. The summed E-state index contributed by atoms with van der Waals surface area (Å²) in [7, 11) is 0. The van der Waals surface area contributed by atoms with E-state index in [1.165, 1.54) is 12.8 Å². The van der Waals surface area contributed by atoms with Crippen LogP contribution in [0.4, 0.5) is 0 Å². The summed E-state index contributed by atoms with van der Waals surface area (Å²) < 4.78 is 5.73. The molecule has 0 saturated heterocycles. The summed E-state index contributed by atoms with van der Waals surface area (Å²) in [6.07, 6.45) is 3.52. The summed E-state index contributed by atoms with van der Waals surface area (Å²) in [5.41, 5.74) is 2.15. The summed E-state index contributed by atoms with van der Waals surface area (Å²) in [4.78, 5) is 0. The lowest BCUT2D eigenvalue weighted by Gasteiger charge is -2.10. The van der Waals surface area contributed by atoms with Gasteiger partial charge in [0.05, 0.1) is 6.61 Å². The predicted octanol–water partition coefficient (Wildman–Crippen LogP) is 4.12. The molecule has 0 heterocycles. The fraction of sp³-hybridized carbons (Fsp3) is 0.600. The molecule has 1 N–H and O–H groups in total. The van der Waals surface area contributed by atoms with Gasteiger partial charge in [-0.1, -0.05) is 24.9 Å². The quantitative estimate of drug-likeness (QED) is 0.717. The van der Waals surface area contributed by atoms with Gasteiger partial charge in [-0.15, -0.1) is 0 Å². The average molecular weight is 270 g/mol. The van der Waals surface area contributed by atoms with Crippen molar-refractivity contribution in [3.05, 3.63) is 28.3 Å². The highest BCUT2D eigenvalue weighted by molar-refractivity contribution is 6.32. The van der Waals surface area contributed by atoms with Crippen molar-refractivity contribution in [2.45, 2.75) is 40.0 Å². The highest BCUT2D eigenvalue weighted by Gasteiger charge is 2.03. The van der Waals surface area contributed by atoms with Gasteiger partial charge in [0.25, 0.3) is 0 Å². The molecule has 0 amide bonds. The van der Waals surface area contributed by atoms with Crippen LogP contribution in [-0.4, -0.2) is 19.7 Å². The molecule has 0 saturated carbocycles. The first-order valence-corrected chi connectivity index (χ1v) is 7.13. The molecule has 0 fully saturated rings. The number of hydrogen-bond donors (Lipinski definition) is 1. The Labute approximate surface area is 116 Å². The smallest absolute Gasteiger partial charge is 0.119 e. The molecule has 0 atom stereocenters. The molecule has 0 spiro atoms. The molecule has 0 bridgehead atoms. The second kappa shape index (κ2) is 8.39. The van der Waals surface area contributed by atoms with Crippen LogP contribution >= 0.6 is 11.6 Å². The van der Waals surface area contributed by atoms with Gasteiger partial charge < -0.3 is 10.1 Å². The summed E-state index contributed by atoms with van der Waals surface area (Å²) in [6, 6.07) is 4.00. The van der Waals surface area contributed by atoms with Crippen LogP contribution in [0.5, 0.6) is 5.75 Å². The van der Waals surface area contributed by atoms with E-state index in [9.17, 15) is 0 Å². The number of ether oxygens (including phenoxy) is 1. The molecule has 0 aliphatic heterocycles. The molecule has 1 rings (SSSR count). The first-order valence-electron chi connectivity index (χ1n) is 6.75. The Morgan fingerprint density at radius 3 is 2.33 bits per heavy atom. The Kier molecular flexibility index (Phi) is 7.14. The van der Waals surface area contributed by atoms with Crippen molar-refractivity contribution in [2.24, 2.45) is 0 Å². The summed E-state index contributed by atoms with van der Waals surface area (Å²) in [6.45, 7) is 9.10. The summed E-state index contributed by atoms with van der Waals surface area (Å²) in [5.74, 6) is 0.919. The topological polar surface area (TPSA) is 21.3 Å². The van der Waals surface area contributed by atoms with Gasteiger partial charge in [0, 0.05) is 5.02 Å². The van der Waals surface area contributed by atoms with Crippen molar-refractivity contribution in [1.29, 1.82) is 0 Å². The van der Waals surface area contributed by atoms with Gasteiger partial charge in [-0.05, 0) is 63.0 Å². The van der Waals surface area contributed by atoms with Crippen LogP contribution in [-0.2, 0) is 0 Å². The SMILES string of the molecule is CCCCNCCCOc1cc(C)c(Cl)c(C)c1. The number of hydrogen-bond acceptors (Lipinski definition) is 2. The van der Waals surface area contributed by atoms with E-state index in [1.54, 1.807) is 0 Å². The zero-order valence-electron chi connectivity index (χ0n) is 11.7. The number of nitrogens with one attached hydrogen (secondary N) is 1. The highest BCUT2D eigenvalue weighted by Crippen LogP contribution is 2.25. The van der Waals surface area contributed by atoms with Gasteiger partial charge >= 0.3 is 0 Å². The summed E-state index contributed by atoms with van der Waals surface area (Å²) in [5, 5.41) is 4.24. The monoisotopic (exact) mass is 269 g/mol. The van der Waals surface area contributed by atoms with Crippen molar-refractivity contribution in [3.8, 4) is 5.75 Å². The molecule has 18 heavy (non-hydrogen) atoms. The Bertz CT molecular complexity index is 343. The Morgan fingerprint density at radius 1 is 1.11 bits per heavy atom. The van der Waals surface area contributed by atoms with Crippen molar-refractivity contribution < 1.29 is 4.74 Å². The Balaban J connectivity index is 2.23. The number of aryl methyl sites for hydroxylation is 2. The van der Waals surface area contributed by atoms with Crippen molar-refractivity contribution in [2.75, 3.05) is 19.7 Å². The minimum Gasteiger partial charge on any atom is -0.494 e. The standard InChI is InChI=1S/C15H24ClNO/c1-4-5-7-17-8-6-9-18-14-10-12(2)15(16)13(3)11-14/h10-11,17H,4-9H2,1-3H3. The molecule has 1 aromatic carbocycles. The van der Waals surface area contributed by atoms with Crippen LogP contribution < -0.4 is 10.1 Å². The van der Waals surface area contributed by atoms with Crippen LogP contribution in [0.15, 0.2) is 12.1 Å². The molecule has 0 aliphatic carbocycles. The third-order valence-electron chi connectivity index (χ3n) is 2.88. The lowest BCUT2D eigenvalue weighted by atomic mass is 10.1. The van der Waals surface area contributed by atoms with Crippen molar-refractivity contribution in [1.82, 2.24) is 5.32 Å². The van der Waals surface area contributed by atoms with Gasteiger partial charge in [-0.3, -0.25) is 0 Å². The molecule has 0 aliphatic rings. The first-order chi connectivity index (χ1) is 8.65. The largest absolute Gasteiger partial charge is 0.494 e. The number of benzene rings is 1. The van der Waals surface area contributed by atoms with Crippen LogP contribution in [0, 0.1) is 13.8 Å². The fourth-order valence-electron chi connectivity index (χ4n) is 1.80. The second-order valence-electron chi connectivity index (χ2n) is 4.68. The Hall–Kier alpha value is -0.730. The minimum absolute atomic E-state index is 0.750. The van der Waals surface area contributed by atoms with Crippen molar-refractivity contribution in [3.63, 3.8) is 0 Å². The number of unbranched alkanes of at least 4 members (excludes halogenated alkanes) is 1. The highest BCUT2D eigenvalue weighted by atomic mass is 35.5. The fourth-order valence-corrected chi connectivity index (χ4v) is 1.91. The predicted molar refractivity (Wildman–Crippen MR) is 78.8 cm³/mol. The van der Waals surface area contributed by atoms with Crippen LogP contribution in [0.3, 0.4) is 0 Å². The van der Waals surface area contributed by atoms with E-state index in [1.807, 2.05) is 26.0 Å². The maximum absolute atomic E-state index is 6.12. The van der Waals surface area contributed by atoms with Crippen molar-refractivity contribution >= 4 is 11.6 Å². The second-order valence-corrected chi connectivity index (χ2v) is 5.05. The van der Waals surface area contributed by atoms with Gasteiger partial charge in [0.1, 0.15) is 5.75 Å². The number of halogens is 1. The molecule has 0 aromatic heterocycles. The molecular formula is C15H24ClNO. The van der Waals surface area contributed by atoms with Crippen LogP contribution in [0.1, 0.15) is 37.3 Å². The van der Waals surface area contributed by atoms with E-state index >= 15 is 0 Å². The molecule has 102 valence electrons.